The predicted octanol–water partition coefficient (Wildman–Crippen LogP) is 4.03. The number of hydrogen-bond donors (Lipinski definition) is 1. The van der Waals surface area contributed by atoms with Crippen molar-refractivity contribution in [3.8, 4) is 5.75 Å². The standard InChI is InChI=1S/C22H18FNO6/c1-13-5-6-14(10-17(13)24-21(26)20-4-3-9-29-20)22(27)30-12-18(25)16-11-15(23)7-8-19(16)28-2/h3-11H,12H2,1-2H3,(H,24,26). The number of hydrogen-bond acceptors (Lipinski definition) is 6. The van der Waals surface area contributed by atoms with Crippen molar-refractivity contribution >= 4 is 23.3 Å². The van der Waals surface area contributed by atoms with E-state index in [0.717, 1.165) is 12.1 Å². The van der Waals surface area contributed by atoms with Crippen molar-refractivity contribution in [2.75, 3.05) is 19.0 Å². The minimum Gasteiger partial charge on any atom is -0.496 e. The highest BCUT2D eigenvalue weighted by atomic mass is 19.1. The van der Waals surface area contributed by atoms with Gasteiger partial charge in [-0.2, -0.15) is 0 Å². The average Bonchev–Trinajstić information content (AvgIpc) is 3.28. The summed E-state index contributed by atoms with van der Waals surface area (Å²) >= 11 is 0. The highest BCUT2D eigenvalue weighted by Gasteiger charge is 2.18. The van der Waals surface area contributed by atoms with Crippen molar-refractivity contribution in [1.29, 1.82) is 0 Å². The highest BCUT2D eigenvalue weighted by molar-refractivity contribution is 6.04. The van der Waals surface area contributed by atoms with Crippen LogP contribution in [0.5, 0.6) is 5.75 Å². The molecule has 3 rings (SSSR count). The molecule has 3 aromatic rings. The molecule has 1 aromatic heterocycles. The van der Waals surface area contributed by atoms with Gasteiger partial charge in [0.15, 0.2) is 12.4 Å². The smallest absolute Gasteiger partial charge is 0.338 e. The van der Waals surface area contributed by atoms with Crippen LogP contribution in [0, 0.1) is 12.7 Å². The van der Waals surface area contributed by atoms with E-state index in [1.54, 1.807) is 19.1 Å². The maximum Gasteiger partial charge on any atom is 0.338 e. The number of rotatable bonds is 7. The Hall–Kier alpha value is -3.94. The van der Waals surface area contributed by atoms with Crippen LogP contribution < -0.4 is 10.1 Å². The zero-order valence-electron chi connectivity index (χ0n) is 16.2. The van der Waals surface area contributed by atoms with Crippen molar-refractivity contribution in [2.45, 2.75) is 6.92 Å². The molecule has 0 aliphatic heterocycles. The van der Waals surface area contributed by atoms with Crippen molar-refractivity contribution in [2.24, 2.45) is 0 Å². The van der Waals surface area contributed by atoms with Crippen LogP contribution >= 0.6 is 0 Å². The average molecular weight is 411 g/mol. The number of carbonyl (C=O) groups excluding carboxylic acids is 3. The van der Waals surface area contributed by atoms with Crippen LogP contribution in [-0.4, -0.2) is 31.4 Å². The monoisotopic (exact) mass is 411 g/mol. The molecule has 7 nitrogen and oxygen atoms in total. The van der Waals surface area contributed by atoms with Crippen LogP contribution in [0.1, 0.15) is 36.8 Å². The number of Topliss-reactive ketones (excluding diaryl/α,β-unsaturated/α-hetero) is 1. The lowest BCUT2D eigenvalue weighted by Crippen LogP contribution is -2.16. The third-order valence-corrected chi connectivity index (χ3v) is 4.26. The van der Waals surface area contributed by atoms with Crippen molar-refractivity contribution in [1.82, 2.24) is 0 Å². The van der Waals surface area contributed by atoms with Gasteiger partial charge in [-0.05, 0) is 55.0 Å². The number of benzene rings is 2. The van der Waals surface area contributed by atoms with Gasteiger partial charge in [0.05, 0.1) is 24.5 Å². The zero-order chi connectivity index (χ0) is 21.7. The molecule has 0 saturated heterocycles. The summed E-state index contributed by atoms with van der Waals surface area (Å²) in [6, 6.07) is 11.2. The van der Waals surface area contributed by atoms with E-state index in [1.807, 2.05) is 0 Å². The van der Waals surface area contributed by atoms with E-state index < -0.39 is 30.1 Å². The number of nitrogens with one attached hydrogen (secondary N) is 1. The SMILES string of the molecule is COc1ccc(F)cc1C(=O)COC(=O)c1ccc(C)c(NC(=O)c2ccco2)c1. The fraction of sp³-hybridized carbons (Fsp3) is 0.136. The number of carbonyl (C=O) groups is 3. The Labute approximate surface area is 171 Å². The molecular formula is C22H18FNO6. The summed E-state index contributed by atoms with van der Waals surface area (Å²) in [6.07, 6.45) is 1.38. The van der Waals surface area contributed by atoms with E-state index in [2.05, 4.69) is 5.32 Å². The van der Waals surface area contributed by atoms with Gasteiger partial charge >= 0.3 is 5.97 Å². The molecule has 0 spiro atoms. The van der Waals surface area contributed by atoms with E-state index in [1.165, 1.54) is 37.6 Å². The third kappa shape index (κ3) is 4.72. The molecule has 1 amide bonds. The quantitative estimate of drug-likeness (QED) is 0.466. The lowest BCUT2D eigenvalue weighted by atomic mass is 10.1. The molecule has 0 aliphatic rings. The Balaban J connectivity index is 1.69. The topological polar surface area (TPSA) is 94.8 Å². The lowest BCUT2D eigenvalue weighted by molar-refractivity contribution is 0.0474. The summed E-state index contributed by atoms with van der Waals surface area (Å²) in [6.45, 7) is 1.16. The van der Waals surface area contributed by atoms with Gasteiger partial charge in [0.25, 0.3) is 5.91 Å². The first kappa shape index (κ1) is 20.8. The van der Waals surface area contributed by atoms with Crippen LogP contribution in [0.4, 0.5) is 10.1 Å². The minimum atomic E-state index is -0.771. The van der Waals surface area contributed by atoms with Crippen molar-refractivity contribution in [3.63, 3.8) is 0 Å². The first-order valence-corrected chi connectivity index (χ1v) is 8.88. The van der Waals surface area contributed by atoms with Crippen LogP contribution in [-0.2, 0) is 4.74 Å². The Morgan fingerprint density at radius 1 is 1.10 bits per heavy atom. The summed E-state index contributed by atoms with van der Waals surface area (Å²) < 4.78 is 28.6. The summed E-state index contributed by atoms with van der Waals surface area (Å²) in [5.41, 5.74) is 1.21. The van der Waals surface area contributed by atoms with Crippen LogP contribution in [0.2, 0.25) is 0 Å². The van der Waals surface area contributed by atoms with Gasteiger partial charge in [0.2, 0.25) is 5.78 Å². The van der Waals surface area contributed by atoms with Gasteiger partial charge in [-0.3, -0.25) is 9.59 Å². The number of methoxy groups -OCH3 is 1. The first-order valence-electron chi connectivity index (χ1n) is 8.88. The second kappa shape index (κ2) is 9.04. The number of ether oxygens (including phenoxy) is 2. The number of furan rings is 1. The maximum atomic E-state index is 13.4. The summed E-state index contributed by atoms with van der Waals surface area (Å²) in [5.74, 6) is -2.17. The van der Waals surface area contributed by atoms with Gasteiger partial charge in [0, 0.05) is 5.69 Å². The Morgan fingerprint density at radius 3 is 2.60 bits per heavy atom. The largest absolute Gasteiger partial charge is 0.496 e. The summed E-state index contributed by atoms with van der Waals surface area (Å²) in [7, 11) is 1.35. The number of anilines is 1. The molecule has 30 heavy (non-hydrogen) atoms. The lowest BCUT2D eigenvalue weighted by Gasteiger charge is -2.11. The van der Waals surface area contributed by atoms with E-state index in [4.69, 9.17) is 13.9 Å². The first-order chi connectivity index (χ1) is 14.4. The molecule has 2 aromatic carbocycles. The number of ketones is 1. The van der Waals surface area contributed by atoms with Gasteiger partial charge in [-0.1, -0.05) is 6.07 Å². The van der Waals surface area contributed by atoms with E-state index in [0.29, 0.717) is 11.3 Å². The molecule has 0 radical (unpaired) electrons. The number of aryl methyl sites for hydroxylation is 1. The molecule has 0 unspecified atom stereocenters. The van der Waals surface area contributed by atoms with Gasteiger partial charge in [-0.25, -0.2) is 9.18 Å². The number of halogens is 1. The second-order valence-corrected chi connectivity index (χ2v) is 6.31. The van der Waals surface area contributed by atoms with Crippen LogP contribution in [0.15, 0.2) is 59.2 Å². The van der Waals surface area contributed by atoms with Gasteiger partial charge in [-0.15, -0.1) is 0 Å². The minimum absolute atomic E-state index is 0.0272. The maximum absolute atomic E-state index is 13.4. The summed E-state index contributed by atoms with van der Waals surface area (Å²) in [4.78, 5) is 36.8. The molecule has 0 bridgehead atoms. The molecule has 0 saturated carbocycles. The second-order valence-electron chi connectivity index (χ2n) is 6.31. The van der Waals surface area contributed by atoms with Gasteiger partial charge in [0.1, 0.15) is 11.6 Å². The molecule has 154 valence electrons. The Morgan fingerprint density at radius 2 is 1.90 bits per heavy atom. The molecule has 8 heteroatoms. The Kier molecular flexibility index (Phi) is 6.26. The van der Waals surface area contributed by atoms with Crippen molar-refractivity contribution in [3.05, 3.63) is 83.1 Å². The van der Waals surface area contributed by atoms with Crippen LogP contribution in [0.25, 0.3) is 0 Å². The van der Waals surface area contributed by atoms with Crippen molar-refractivity contribution < 1.29 is 32.7 Å². The molecule has 1 heterocycles. The van der Waals surface area contributed by atoms with E-state index >= 15 is 0 Å². The predicted molar refractivity (Wildman–Crippen MR) is 105 cm³/mol. The van der Waals surface area contributed by atoms with Crippen LogP contribution in [0.3, 0.4) is 0 Å². The fourth-order valence-corrected chi connectivity index (χ4v) is 2.67. The third-order valence-electron chi connectivity index (χ3n) is 4.26. The molecular weight excluding hydrogens is 393 g/mol. The Bertz CT molecular complexity index is 1090. The molecule has 1 N–H and O–H groups in total. The molecule has 0 atom stereocenters. The number of amides is 1. The zero-order valence-corrected chi connectivity index (χ0v) is 16.2. The highest BCUT2D eigenvalue weighted by Crippen LogP contribution is 2.21. The van der Waals surface area contributed by atoms with E-state index in [9.17, 15) is 18.8 Å². The summed E-state index contributed by atoms with van der Waals surface area (Å²) in [5, 5.41) is 2.65. The van der Waals surface area contributed by atoms with E-state index in [-0.39, 0.29) is 22.6 Å². The van der Waals surface area contributed by atoms with Gasteiger partial charge < -0.3 is 19.2 Å². The molecule has 0 fully saturated rings. The molecule has 0 aliphatic carbocycles. The number of esters is 1. The fourth-order valence-electron chi connectivity index (χ4n) is 2.67. The normalized spacial score (nSPS) is 10.4.